The van der Waals surface area contributed by atoms with Gasteiger partial charge in [0.05, 0.1) is 5.52 Å². The molecule has 0 amide bonds. The number of hydrogen-bond acceptors (Lipinski definition) is 5. The first kappa shape index (κ1) is 16.4. The molecule has 0 unspecified atom stereocenters. The summed E-state index contributed by atoms with van der Waals surface area (Å²) in [7, 11) is 0. The Labute approximate surface area is 157 Å². The van der Waals surface area contributed by atoms with Crippen LogP contribution >= 0.6 is 0 Å². The lowest BCUT2D eigenvalue weighted by molar-refractivity contribution is 0.174. The molecule has 0 saturated heterocycles. The van der Waals surface area contributed by atoms with Gasteiger partial charge in [0.2, 0.25) is 12.7 Å². The van der Waals surface area contributed by atoms with Crippen molar-refractivity contribution in [1.82, 2.24) is 9.97 Å². The second-order valence-electron chi connectivity index (χ2n) is 6.14. The molecule has 0 saturated carbocycles. The van der Waals surface area contributed by atoms with Crippen LogP contribution in [0, 0.1) is 11.6 Å². The van der Waals surface area contributed by atoms with Crippen LogP contribution in [0.2, 0.25) is 0 Å². The van der Waals surface area contributed by atoms with Gasteiger partial charge in [0.1, 0.15) is 22.8 Å². The summed E-state index contributed by atoms with van der Waals surface area (Å²) in [5, 5.41) is 3.02. The number of ether oxygens (including phenoxy) is 3. The van der Waals surface area contributed by atoms with E-state index in [9.17, 15) is 8.78 Å². The minimum absolute atomic E-state index is 0.0756. The molecule has 6 nitrogen and oxygen atoms in total. The Balaban J connectivity index is 1.32. The number of nitrogens with one attached hydrogen (secondary N) is 2. The zero-order valence-corrected chi connectivity index (χ0v) is 14.3. The summed E-state index contributed by atoms with van der Waals surface area (Å²) < 4.78 is 43.5. The van der Waals surface area contributed by atoms with E-state index in [1.165, 1.54) is 6.07 Å². The zero-order valence-electron chi connectivity index (χ0n) is 14.3. The number of imidazole rings is 1. The predicted molar refractivity (Wildman–Crippen MR) is 98.4 cm³/mol. The molecule has 5 rings (SSSR count). The van der Waals surface area contributed by atoms with Crippen LogP contribution in [0.15, 0.2) is 54.6 Å². The molecule has 1 aliphatic rings. The number of aromatic nitrogens is 2. The maximum absolute atomic E-state index is 13.8. The van der Waals surface area contributed by atoms with E-state index in [4.69, 9.17) is 14.2 Å². The highest BCUT2D eigenvalue weighted by Crippen LogP contribution is 2.36. The fourth-order valence-electron chi connectivity index (χ4n) is 2.92. The quantitative estimate of drug-likeness (QED) is 0.514. The molecule has 140 valence electrons. The fourth-order valence-corrected chi connectivity index (χ4v) is 2.92. The Morgan fingerprint density at radius 1 is 0.929 bits per heavy atom. The third-order valence-electron chi connectivity index (χ3n) is 4.20. The summed E-state index contributed by atoms with van der Waals surface area (Å²) in [6.45, 7) is 0.206. The van der Waals surface area contributed by atoms with Crippen molar-refractivity contribution in [3.8, 4) is 23.0 Å². The SMILES string of the molecule is Fc1cc(F)c2nc(Nc3ccc(Oc4ccc5c(c4)OCO5)cc3)[nH]c2c1. The van der Waals surface area contributed by atoms with Gasteiger partial charge >= 0.3 is 0 Å². The molecule has 2 N–H and O–H groups in total. The number of anilines is 2. The van der Waals surface area contributed by atoms with Crippen LogP contribution in [0.5, 0.6) is 23.0 Å². The number of hydrogen-bond donors (Lipinski definition) is 2. The van der Waals surface area contributed by atoms with E-state index in [1.54, 1.807) is 42.5 Å². The van der Waals surface area contributed by atoms with Crippen molar-refractivity contribution < 1.29 is 23.0 Å². The van der Waals surface area contributed by atoms with Crippen molar-refractivity contribution >= 4 is 22.7 Å². The highest BCUT2D eigenvalue weighted by Gasteiger charge is 2.14. The second-order valence-corrected chi connectivity index (χ2v) is 6.14. The molecule has 8 heteroatoms. The third kappa shape index (κ3) is 3.05. The number of fused-ring (bicyclic) bond motifs is 2. The van der Waals surface area contributed by atoms with Gasteiger partial charge < -0.3 is 24.5 Å². The van der Waals surface area contributed by atoms with E-state index in [2.05, 4.69) is 15.3 Å². The van der Waals surface area contributed by atoms with Gasteiger partial charge in [-0.2, -0.15) is 0 Å². The van der Waals surface area contributed by atoms with Gasteiger partial charge in [-0.15, -0.1) is 0 Å². The minimum Gasteiger partial charge on any atom is -0.457 e. The molecule has 0 atom stereocenters. The molecule has 0 spiro atoms. The van der Waals surface area contributed by atoms with E-state index in [0.29, 0.717) is 34.6 Å². The lowest BCUT2D eigenvalue weighted by Gasteiger charge is -2.08. The van der Waals surface area contributed by atoms with E-state index < -0.39 is 11.6 Å². The lowest BCUT2D eigenvalue weighted by Crippen LogP contribution is -1.93. The van der Waals surface area contributed by atoms with Crippen molar-refractivity contribution in [3.05, 3.63) is 66.2 Å². The molecule has 0 bridgehead atoms. The van der Waals surface area contributed by atoms with Crippen LogP contribution in [0.25, 0.3) is 11.0 Å². The van der Waals surface area contributed by atoms with E-state index in [-0.39, 0.29) is 17.8 Å². The molecule has 0 aliphatic carbocycles. The van der Waals surface area contributed by atoms with Gasteiger partial charge in [0, 0.05) is 17.8 Å². The molecular weight excluding hydrogens is 368 g/mol. The topological polar surface area (TPSA) is 68.4 Å². The van der Waals surface area contributed by atoms with E-state index >= 15 is 0 Å². The molecule has 0 radical (unpaired) electrons. The van der Waals surface area contributed by atoms with Crippen molar-refractivity contribution in [2.75, 3.05) is 12.1 Å². The summed E-state index contributed by atoms with van der Waals surface area (Å²) in [5.41, 5.74) is 1.06. The molecule has 1 aliphatic heterocycles. The van der Waals surface area contributed by atoms with Crippen LogP contribution in [0.3, 0.4) is 0 Å². The number of nitrogens with zero attached hydrogens (tertiary/aromatic N) is 1. The zero-order chi connectivity index (χ0) is 19.1. The summed E-state index contributed by atoms with van der Waals surface area (Å²) in [4.78, 5) is 6.95. The van der Waals surface area contributed by atoms with Crippen LogP contribution in [-0.4, -0.2) is 16.8 Å². The Morgan fingerprint density at radius 2 is 1.71 bits per heavy atom. The molecular formula is C20H13F2N3O3. The average Bonchev–Trinajstić information content (AvgIpc) is 3.29. The van der Waals surface area contributed by atoms with Gasteiger partial charge in [0.25, 0.3) is 0 Å². The second kappa shape index (κ2) is 6.41. The fraction of sp³-hybridized carbons (Fsp3) is 0.0500. The number of benzene rings is 3. The first-order valence-corrected chi connectivity index (χ1v) is 8.43. The minimum atomic E-state index is -0.716. The molecule has 0 fully saturated rings. The average molecular weight is 381 g/mol. The van der Waals surface area contributed by atoms with Gasteiger partial charge in [-0.25, -0.2) is 13.8 Å². The number of rotatable bonds is 4. The number of aromatic amines is 1. The van der Waals surface area contributed by atoms with Crippen LogP contribution < -0.4 is 19.5 Å². The van der Waals surface area contributed by atoms with Gasteiger partial charge in [0.15, 0.2) is 17.3 Å². The standard InChI is InChI=1S/C20H13F2N3O3/c21-11-7-15(22)19-16(8-11)24-20(25-19)23-12-1-3-13(4-2-12)28-14-5-6-17-18(9-14)27-10-26-17/h1-9H,10H2,(H2,23,24,25). The largest absolute Gasteiger partial charge is 0.457 e. The van der Waals surface area contributed by atoms with Gasteiger partial charge in [-0.3, -0.25) is 0 Å². The highest BCUT2D eigenvalue weighted by molar-refractivity contribution is 5.79. The Hall–Kier alpha value is -3.81. The first-order chi connectivity index (χ1) is 13.6. The lowest BCUT2D eigenvalue weighted by atomic mass is 10.3. The Kier molecular flexibility index (Phi) is 3.75. The molecule has 4 aromatic rings. The third-order valence-corrected chi connectivity index (χ3v) is 4.20. The summed E-state index contributed by atoms with van der Waals surface area (Å²) in [5.74, 6) is 1.52. The van der Waals surface area contributed by atoms with Crippen molar-refractivity contribution in [2.45, 2.75) is 0 Å². The maximum Gasteiger partial charge on any atom is 0.231 e. The van der Waals surface area contributed by atoms with Crippen LogP contribution in [0.4, 0.5) is 20.4 Å². The highest BCUT2D eigenvalue weighted by atomic mass is 19.1. The van der Waals surface area contributed by atoms with Crippen LogP contribution in [-0.2, 0) is 0 Å². The summed E-state index contributed by atoms with van der Waals surface area (Å²) in [6, 6.07) is 14.5. The smallest absolute Gasteiger partial charge is 0.231 e. The number of H-pyrrole nitrogens is 1. The normalized spacial score (nSPS) is 12.4. The molecule has 2 heterocycles. The van der Waals surface area contributed by atoms with Gasteiger partial charge in [-0.05, 0) is 42.5 Å². The molecule has 3 aromatic carbocycles. The van der Waals surface area contributed by atoms with Crippen LogP contribution in [0.1, 0.15) is 0 Å². The Bertz CT molecular complexity index is 1180. The Morgan fingerprint density at radius 3 is 2.57 bits per heavy atom. The van der Waals surface area contributed by atoms with E-state index in [0.717, 1.165) is 6.07 Å². The monoisotopic (exact) mass is 381 g/mol. The predicted octanol–water partition coefficient (Wildman–Crippen LogP) is 5.11. The maximum atomic E-state index is 13.8. The first-order valence-electron chi connectivity index (χ1n) is 8.43. The molecule has 28 heavy (non-hydrogen) atoms. The number of halogens is 2. The summed E-state index contributed by atoms with van der Waals surface area (Å²) >= 11 is 0. The van der Waals surface area contributed by atoms with E-state index in [1.807, 2.05) is 0 Å². The molecule has 1 aromatic heterocycles. The van der Waals surface area contributed by atoms with Gasteiger partial charge in [-0.1, -0.05) is 0 Å². The summed E-state index contributed by atoms with van der Waals surface area (Å²) in [6.07, 6.45) is 0. The van der Waals surface area contributed by atoms with Crippen molar-refractivity contribution in [1.29, 1.82) is 0 Å². The van der Waals surface area contributed by atoms with Crippen molar-refractivity contribution in [2.24, 2.45) is 0 Å². The van der Waals surface area contributed by atoms with Crippen molar-refractivity contribution in [3.63, 3.8) is 0 Å².